The number of aromatic nitrogens is 2. The van der Waals surface area contributed by atoms with Crippen molar-refractivity contribution < 1.29 is 35.9 Å². The van der Waals surface area contributed by atoms with Crippen LogP contribution in [0.25, 0.3) is 11.0 Å². The number of hydrogen-bond acceptors (Lipinski definition) is 6. The molecular formula is C21H20F5N5O3. The molecule has 1 fully saturated rings. The minimum atomic E-state index is -4.99. The van der Waals surface area contributed by atoms with E-state index in [0.29, 0.717) is 31.8 Å². The second-order valence-electron chi connectivity index (χ2n) is 7.82. The Morgan fingerprint density at radius 1 is 1.24 bits per heavy atom. The maximum absolute atomic E-state index is 14.0. The number of benzene rings is 1. The Bertz CT molecular complexity index is 1200. The van der Waals surface area contributed by atoms with Crippen LogP contribution in [0, 0.1) is 18.6 Å². The van der Waals surface area contributed by atoms with Crippen LogP contribution in [0.2, 0.25) is 0 Å². The van der Waals surface area contributed by atoms with Crippen LogP contribution in [0.1, 0.15) is 24.3 Å². The molecule has 0 aliphatic carbocycles. The highest BCUT2D eigenvalue weighted by Gasteiger charge is 2.45. The molecule has 0 radical (unpaired) electrons. The van der Waals surface area contributed by atoms with Crippen molar-refractivity contribution in [2.75, 3.05) is 30.0 Å². The third kappa shape index (κ3) is 4.74. The van der Waals surface area contributed by atoms with Gasteiger partial charge in [0.2, 0.25) is 5.95 Å². The van der Waals surface area contributed by atoms with Gasteiger partial charge in [-0.15, -0.1) is 0 Å². The molecule has 3 aromatic rings. The standard InChI is InChI=1S/C21H20F5N5O3/c1-10-9-33-4-3-31(10)19-27-7-13(8-28-19)29-20(32)30-18(21(24,25)26)16-11(2)14-5-12(22)6-15(23)17(14)34-16/h5-8,10,18H,3-4,9H2,1-2H3,(H2,29,30,32)/t10-,18+/m0/s1. The third-order valence-electron chi connectivity index (χ3n) is 5.38. The zero-order valence-corrected chi connectivity index (χ0v) is 18.0. The molecule has 1 aliphatic heterocycles. The zero-order chi connectivity index (χ0) is 24.6. The van der Waals surface area contributed by atoms with Gasteiger partial charge in [-0.25, -0.2) is 23.5 Å². The number of ether oxygens (including phenoxy) is 1. The largest absolute Gasteiger partial charge is 0.455 e. The van der Waals surface area contributed by atoms with Gasteiger partial charge in [0.15, 0.2) is 17.4 Å². The number of carbonyl (C=O) groups excluding carboxylic acids is 1. The molecule has 2 N–H and O–H groups in total. The lowest BCUT2D eigenvalue weighted by atomic mass is 10.1. The Balaban J connectivity index is 1.53. The van der Waals surface area contributed by atoms with E-state index in [1.54, 1.807) is 5.32 Å². The van der Waals surface area contributed by atoms with E-state index in [0.717, 1.165) is 6.07 Å². The highest BCUT2D eigenvalue weighted by Crippen LogP contribution is 2.39. The van der Waals surface area contributed by atoms with E-state index >= 15 is 0 Å². The Labute approximate surface area is 190 Å². The molecule has 182 valence electrons. The summed E-state index contributed by atoms with van der Waals surface area (Å²) < 4.78 is 79.3. The summed E-state index contributed by atoms with van der Waals surface area (Å²) in [6.45, 7) is 4.73. The Hall–Kier alpha value is -3.48. The first-order valence-corrected chi connectivity index (χ1v) is 10.2. The smallest absolute Gasteiger partial charge is 0.416 e. The average Bonchev–Trinajstić information content (AvgIpc) is 3.09. The summed E-state index contributed by atoms with van der Waals surface area (Å²) in [5, 5.41) is 3.85. The van der Waals surface area contributed by atoms with E-state index in [-0.39, 0.29) is 22.7 Å². The first kappa shape index (κ1) is 23.7. The second kappa shape index (κ2) is 9.05. The van der Waals surface area contributed by atoms with Crippen LogP contribution in [0.3, 0.4) is 0 Å². The van der Waals surface area contributed by atoms with Crippen LogP contribution < -0.4 is 15.5 Å². The first-order valence-electron chi connectivity index (χ1n) is 10.2. The molecule has 0 spiro atoms. The Morgan fingerprint density at radius 2 is 1.94 bits per heavy atom. The van der Waals surface area contributed by atoms with Crippen molar-refractivity contribution in [3.05, 3.63) is 47.5 Å². The fourth-order valence-electron chi connectivity index (χ4n) is 3.69. The topological polar surface area (TPSA) is 92.5 Å². The summed E-state index contributed by atoms with van der Waals surface area (Å²) in [5.41, 5.74) is -0.632. The quantitative estimate of drug-likeness (QED) is 0.531. The van der Waals surface area contributed by atoms with Crippen LogP contribution in [0.15, 0.2) is 28.9 Å². The van der Waals surface area contributed by atoms with E-state index in [2.05, 4.69) is 15.3 Å². The maximum atomic E-state index is 14.0. The number of furan rings is 1. The van der Waals surface area contributed by atoms with Crippen LogP contribution in [-0.4, -0.2) is 48.0 Å². The summed E-state index contributed by atoms with van der Waals surface area (Å²) in [6, 6.07) is -2.43. The number of hydrogen-bond donors (Lipinski definition) is 2. The summed E-state index contributed by atoms with van der Waals surface area (Å²) in [4.78, 5) is 22.6. The maximum Gasteiger partial charge on any atom is 0.416 e. The number of morpholine rings is 1. The number of nitrogens with zero attached hydrogens (tertiary/aromatic N) is 3. The van der Waals surface area contributed by atoms with Crippen LogP contribution in [-0.2, 0) is 4.74 Å². The van der Waals surface area contributed by atoms with Crippen LogP contribution in [0.5, 0.6) is 0 Å². The Kier molecular flexibility index (Phi) is 6.30. The lowest BCUT2D eigenvalue weighted by Gasteiger charge is -2.33. The molecule has 2 amide bonds. The molecule has 0 bridgehead atoms. The number of halogens is 5. The molecule has 1 aromatic carbocycles. The van der Waals surface area contributed by atoms with Gasteiger partial charge < -0.3 is 24.7 Å². The van der Waals surface area contributed by atoms with Crippen molar-refractivity contribution in [2.24, 2.45) is 0 Å². The van der Waals surface area contributed by atoms with Crippen molar-refractivity contribution in [2.45, 2.75) is 32.1 Å². The predicted octanol–water partition coefficient (Wildman–Crippen LogP) is 4.46. The molecule has 2 aromatic heterocycles. The lowest BCUT2D eigenvalue weighted by molar-refractivity contribution is -0.158. The molecule has 0 unspecified atom stereocenters. The number of carbonyl (C=O) groups is 1. The van der Waals surface area contributed by atoms with E-state index in [1.807, 2.05) is 11.8 Å². The van der Waals surface area contributed by atoms with Gasteiger partial charge in [0.25, 0.3) is 0 Å². The zero-order valence-electron chi connectivity index (χ0n) is 18.0. The second-order valence-corrected chi connectivity index (χ2v) is 7.82. The number of fused-ring (bicyclic) bond motifs is 1. The molecule has 3 heterocycles. The summed E-state index contributed by atoms with van der Waals surface area (Å²) in [7, 11) is 0. The van der Waals surface area contributed by atoms with Crippen molar-refractivity contribution >= 4 is 28.6 Å². The summed E-state index contributed by atoms with van der Waals surface area (Å²) in [5.74, 6) is -2.48. The van der Waals surface area contributed by atoms with Crippen molar-refractivity contribution in [1.29, 1.82) is 0 Å². The Morgan fingerprint density at radius 3 is 2.59 bits per heavy atom. The van der Waals surface area contributed by atoms with Crippen molar-refractivity contribution in [3.63, 3.8) is 0 Å². The minimum absolute atomic E-state index is 0.0359. The predicted molar refractivity (Wildman–Crippen MR) is 111 cm³/mol. The number of amides is 2. The van der Waals surface area contributed by atoms with Gasteiger partial charge in [-0.1, -0.05) is 0 Å². The monoisotopic (exact) mass is 485 g/mol. The molecule has 1 aliphatic rings. The lowest BCUT2D eigenvalue weighted by Crippen LogP contribution is -2.44. The number of aryl methyl sites for hydroxylation is 1. The molecule has 0 saturated carbocycles. The van der Waals surface area contributed by atoms with Gasteiger partial charge in [-0.3, -0.25) is 0 Å². The molecule has 4 rings (SSSR count). The third-order valence-corrected chi connectivity index (χ3v) is 5.38. The average molecular weight is 485 g/mol. The van der Waals surface area contributed by atoms with E-state index in [4.69, 9.17) is 9.15 Å². The highest BCUT2D eigenvalue weighted by atomic mass is 19.4. The normalized spacial score (nSPS) is 17.6. The molecule has 1 saturated heterocycles. The van der Waals surface area contributed by atoms with Gasteiger partial charge in [0, 0.05) is 23.6 Å². The fourth-order valence-corrected chi connectivity index (χ4v) is 3.69. The van der Waals surface area contributed by atoms with E-state index in [1.165, 1.54) is 19.3 Å². The molecule has 34 heavy (non-hydrogen) atoms. The van der Waals surface area contributed by atoms with Gasteiger partial charge in [-0.2, -0.15) is 13.2 Å². The van der Waals surface area contributed by atoms with E-state index < -0.39 is 41.2 Å². The fraction of sp³-hybridized carbons (Fsp3) is 0.381. The van der Waals surface area contributed by atoms with Gasteiger partial charge in [-0.05, 0) is 19.9 Å². The molecular weight excluding hydrogens is 465 g/mol. The minimum Gasteiger partial charge on any atom is -0.455 e. The molecule has 2 atom stereocenters. The van der Waals surface area contributed by atoms with Crippen molar-refractivity contribution in [1.82, 2.24) is 15.3 Å². The summed E-state index contributed by atoms with van der Waals surface area (Å²) >= 11 is 0. The van der Waals surface area contributed by atoms with Crippen LogP contribution in [0.4, 0.5) is 38.4 Å². The number of nitrogens with one attached hydrogen (secondary N) is 2. The molecule has 8 nitrogen and oxygen atoms in total. The van der Waals surface area contributed by atoms with Crippen molar-refractivity contribution in [3.8, 4) is 0 Å². The van der Waals surface area contributed by atoms with Crippen LogP contribution >= 0.6 is 0 Å². The molecule has 13 heteroatoms. The number of rotatable bonds is 4. The summed E-state index contributed by atoms with van der Waals surface area (Å²) in [6.07, 6.45) is -2.47. The SMILES string of the molecule is Cc1c([C@@H](NC(=O)Nc2cnc(N3CCOC[C@@H]3C)nc2)C(F)(F)F)oc2c(F)cc(F)cc12. The van der Waals surface area contributed by atoms with Gasteiger partial charge in [0.1, 0.15) is 11.6 Å². The number of alkyl halides is 3. The van der Waals surface area contributed by atoms with Gasteiger partial charge >= 0.3 is 12.2 Å². The first-order chi connectivity index (χ1) is 16.0. The number of urea groups is 1. The van der Waals surface area contributed by atoms with E-state index in [9.17, 15) is 26.7 Å². The highest BCUT2D eigenvalue weighted by molar-refractivity contribution is 5.89. The number of anilines is 2. The van der Waals surface area contributed by atoms with Gasteiger partial charge in [0.05, 0.1) is 37.3 Å².